The number of carbonyl (C=O) groups is 1. The van der Waals surface area contributed by atoms with Crippen LogP contribution in [0.1, 0.15) is 16.1 Å². The third-order valence-corrected chi connectivity index (χ3v) is 4.99. The van der Waals surface area contributed by atoms with Crippen molar-refractivity contribution in [2.24, 2.45) is 0 Å². The van der Waals surface area contributed by atoms with Crippen LogP contribution in [0.3, 0.4) is 0 Å². The van der Waals surface area contributed by atoms with E-state index in [1.807, 2.05) is 0 Å². The van der Waals surface area contributed by atoms with Crippen molar-refractivity contribution < 1.29 is 22.4 Å². The summed E-state index contributed by atoms with van der Waals surface area (Å²) in [6.07, 6.45) is -0.233. The number of rotatable bonds is 6. The van der Waals surface area contributed by atoms with Crippen LogP contribution in [0.5, 0.6) is 0 Å². The van der Waals surface area contributed by atoms with Crippen LogP contribution in [-0.4, -0.2) is 45.0 Å². The smallest absolute Gasteiger partial charge is 0.361 e. The van der Waals surface area contributed by atoms with Gasteiger partial charge >= 0.3 is 6.18 Å². The molecule has 4 aromatic rings. The van der Waals surface area contributed by atoms with Gasteiger partial charge in [-0.3, -0.25) is 9.78 Å². The molecule has 0 bridgehead atoms. The van der Waals surface area contributed by atoms with E-state index < -0.39 is 24.4 Å². The van der Waals surface area contributed by atoms with E-state index in [0.29, 0.717) is 26.9 Å². The second kappa shape index (κ2) is 8.78. The van der Waals surface area contributed by atoms with Crippen LogP contribution < -0.4 is 0 Å². The standard InChI is InChI=1S/C23H18F4N4O/c24-17-6-7-19-18(12-17)16(13-30-19)8-11-31(14-23(25,26)27)22(32)21-20(28-9-10-29-21)15-4-2-1-3-5-15/h1-7,9-10,12-13,30H,8,11,14H2. The quantitative estimate of drug-likeness (QED) is 0.427. The fourth-order valence-corrected chi connectivity index (χ4v) is 3.53. The lowest BCUT2D eigenvalue weighted by molar-refractivity contribution is -0.140. The third kappa shape index (κ3) is 4.77. The molecular formula is C23H18F4N4O. The first-order valence-electron chi connectivity index (χ1n) is 9.80. The summed E-state index contributed by atoms with van der Waals surface area (Å²) in [5, 5.41) is 0.564. The van der Waals surface area contributed by atoms with Crippen molar-refractivity contribution in [1.82, 2.24) is 19.9 Å². The highest BCUT2D eigenvalue weighted by atomic mass is 19.4. The zero-order valence-corrected chi connectivity index (χ0v) is 16.7. The molecule has 0 saturated heterocycles. The van der Waals surface area contributed by atoms with Crippen molar-refractivity contribution in [3.63, 3.8) is 0 Å². The van der Waals surface area contributed by atoms with Crippen LogP contribution in [0.4, 0.5) is 17.6 Å². The monoisotopic (exact) mass is 442 g/mol. The van der Waals surface area contributed by atoms with E-state index >= 15 is 0 Å². The van der Waals surface area contributed by atoms with Crippen LogP contribution in [0.15, 0.2) is 67.1 Å². The maximum atomic E-state index is 13.6. The van der Waals surface area contributed by atoms with E-state index in [4.69, 9.17) is 0 Å². The van der Waals surface area contributed by atoms with Crippen molar-refractivity contribution in [1.29, 1.82) is 0 Å². The molecule has 0 fully saturated rings. The minimum Gasteiger partial charge on any atom is -0.361 e. The fourth-order valence-electron chi connectivity index (χ4n) is 3.53. The highest BCUT2D eigenvalue weighted by Gasteiger charge is 2.34. The summed E-state index contributed by atoms with van der Waals surface area (Å²) in [7, 11) is 0. The molecule has 0 saturated carbocycles. The summed E-state index contributed by atoms with van der Waals surface area (Å²) in [6, 6.07) is 12.8. The van der Waals surface area contributed by atoms with Crippen molar-refractivity contribution in [3.05, 3.63) is 84.2 Å². The van der Waals surface area contributed by atoms with Gasteiger partial charge in [-0.15, -0.1) is 0 Å². The molecule has 1 N–H and O–H groups in total. The molecule has 0 spiro atoms. The van der Waals surface area contributed by atoms with Crippen molar-refractivity contribution in [2.45, 2.75) is 12.6 Å². The molecule has 2 heterocycles. The van der Waals surface area contributed by atoms with Crippen molar-refractivity contribution >= 4 is 16.8 Å². The third-order valence-electron chi connectivity index (χ3n) is 4.99. The Labute approximate surface area is 180 Å². The van der Waals surface area contributed by atoms with Gasteiger partial charge in [0.2, 0.25) is 0 Å². The molecule has 9 heteroatoms. The summed E-state index contributed by atoms with van der Waals surface area (Å²) >= 11 is 0. The molecule has 2 aromatic carbocycles. The average Bonchev–Trinajstić information content (AvgIpc) is 3.18. The summed E-state index contributed by atoms with van der Waals surface area (Å²) in [4.78, 5) is 25.0. The molecule has 0 radical (unpaired) electrons. The lowest BCUT2D eigenvalue weighted by atomic mass is 10.1. The Morgan fingerprint density at radius 2 is 1.78 bits per heavy atom. The Morgan fingerprint density at radius 1 is 1.03 bits per heavy atom. The predicted molar refractivity (Wildman–Crippen MR) is 111 cm³/mol. The van der Waals surface area contributed by atoms with Gasteiger partial charge in [0.15, 0.2) is 5.69 Å². The molecule has 0 aliphatic carbocycles. The van der Waals surface area contributed by atoms with E-state index in [0.717, 1.165) is 0 Å². The molecule has 4 rings (SSSR count). The normalized spacial score (nSPS) is 11.6. The molecule has 0 unspecified atom stereocenters. The zero-order chi connectivity index (χ0) is 22.7. The topological polar surface area (TPSA) is 61.9 Å². The number of fused-ring (bicyclic) bond motifs is 1. The molecule has 0 aliphatic rings. The predicted octanol–water partition coefficient (Wildman–Crippen LogP) is 5.01. The summed E-state index contributed by atoms with van der Waals surface area (Å²) in [5.74, 6) is -1.33. The summed E-state index contributed by atoms with van der Waals surface area (Å²) in [6.45, 7) is -1.67. The first kappa shape index (κ1) is 21.5. The second-order valence-corrected chi connectivity index (χ2v) is 7.22. The Balaban J connectivity index is 1.64. The molecular weight excluding hydrogens is 424 g/mol. The van der Waals surface area contributed by atoms with E-state index in [9.17, 15) is 22.4 Å². The number of halogens is 4. The number of hydrogen-bond acceptors (Lipinski definition) is 3. The molecule has 0 atom stereocenters. The van der Waals surface area contributed by atoms with Crippen LogP contribution in [-0.2, 0) is 6.42 Å². The Kier molecular flexibility index (Phi) is 5.89. The molecule has 5 nitrogen and oxygen atoms in total. The minimum atomic E-state index is -4.60. The van der Waals surface area contributed by atoms with E-state index in [1.54, 1.807) is 42.6 Å². The summed E-state index contributed by atoms with van der Waals surface area (Å²) < 4.78 is 53.5. The zero-order valence-electron chi connectivity index (χ0n) is 16.7. The fraction of sp³-hybridized carbons (Fsp3) is 0.174. The van der Waals surface area contributed by atoms with Gasteiger partial charge in [0.05, 0.1) is 0 Å². The molecule has 32 heavy (non-hydrogen) atoms. The number of H-pyrrole nitrogens is 1. The number of benzene rings is 2. The number of carbonyl (C=O) groups excluding carboxylic acids is 1. The molecule has 1 amide bonds. The largest absolute Gasteiger partial charge is 0.406 e. The Morgan fingerprint density at radius 3 is 2.53 bits per heavy atom. The molecule has 0 aliphatic heterocycles. The van der Waals surface area contributed by atoms with Gasteiger partial charge in [-0.05, 0) is 30.2 Å². The SMILES string of the molecule is O=C(c1nccnc1-c1ccccc1)N(CCc1c[nH]c2ccc(F)cc12)CC(F)(F)F. The first-order chi connectivity index (χ1) is 15.3. The van der Waals surface area contributed by atoms with Crippen LogP contribution in [0.25, 0.3) is 22.2 Å². The highest BCUT2D eigenvalue weighted by Crippen LogP contribution is 2.25. The highest BCUT2D eigenvalue weighted by molar-refractivity contribution is 5.98. The Hall–Kier alpha value is -3.75. The maximum Gasteiger partial charge on any atom is 0.406 e. The van der Waals surface area contributed by atoms with Gasteiger partial charge < -0.3 is 9.88 Å². The summed E-state index contributed by atoms with van der Waals surface area (Å²) in [5.41, 5.74) is 1.90. The number of hydrogen-bond donors (Lipinski definition) is 1. The van der Waals surface area contributed by atoms with E-state index in [-0.39, 0.29) is 24.4 Å². The van der Waals surface area contributed by atoms with Gasteiger partial charge in [-0.1, -0.05) is 30.3 Å². The lowest BCUT2D eigenvalue weighted by Crippen LogP contribution is -2.40. The Bertz CT molecular complexity index is 1240. The lowest BCUT2D eigenvalue weighted by Gasteiger charge is -2.24. The van der Waals surface area contributed by atoms with E-state index in [2.05, 4.69) is 15.0 Å². The van der Waals surface area contributed by atoms with Crippen molar-refractivity contribution in [3.8, 4) is 11.3 Å². The minimum absolute atomic E-state index is 0.103. The van der Waals surface area contributed by atoms with Crippen LogP contribution in [0.2, 0.25) is 0 Å². The first-order valence-corrected chi connectivity index (χ1v) is 9.80. The molecule has 2 aromatic heterocycles. The maximum absolute atomic E-state index is 13.6. The van der Waals surface area contributed by atoms with Crippen LogP contribution >= 0.6 is 0 Å². The second-order valence-electron chi connectivity index (χ2n) is 7.22. The number of aromatic nitrogens is 3. The van der Waals surface area contributed by atoms with E-state index in [1.165, 1.54) is 24.5 Å². The van der Waals surface area contributed by atoms with Crippen LogP contribution in [0, 0.1) is 5.82 Å². The van der Waals surface area contributed by atoms with Gasteiger partial charge in [-0.25, -0.2) is 9.37 Å². The average molecular weight is 442 g/mol. The molecule has 164 valence electrons. The number of aromatic amines is 1. The number of nitrogens with one attached hydrogen (secondary N) is 1. The van der Waals surface area contributed by atoms with Gasteiger partial charge in [0.25, 0.3) is 5.91 Å². The van der Waals surface area contributed by atoms with Gasteiger partial charge in [-0.2, -0.15) is 13.2 Å². The number of nitrogens with zero attached hydrogens (tertiary/aromatic N) is 3. The van der Waals surface area contributed by atoms with Gasteiger partial charge in [0.1, 0.15) is 18.1 Å². The van der Waals surface area contributed by atoms with Gasteiger partial charge in [0, 0.05) is 41.6 Å². The number of amides is 1. The number of alkyl halides is 3. The van der Waals surface area contributed by atoms with Crippen molar-refractivity contribution in [2.75, 3.05) is 13.1 Å².